The third kappa shape index (κ3) is 3.42. The number of pyridine rings is 1. The highest BCUT2D eigenvalue weighted by Crippen LogP contribution is 2.33. The number of benzene rings is 3. The van der Waals surface area contributed by atoms with E-state index in [0.717, 1.165) is 10.9 Å². The SMILES string of the molecule is COc1ccc(C=Nc2cc3ccccc3nc2-c2ccccc2F)c(O)c1. The smallest absolute Gasteiger partial charge is 0.132 e. The highest BCUT2D eigenvalue weighted by molar-refractivity contribution is 5.92. The van der Waals surface area contributed by atoms with E-state index in [0.29, 0.717) is 28.3 Å². The second kappa shape index (κ2) is 7.48. The fraction of sp³-hybridized carbons (Fsp3) is 0.0435. The van der Waals surface area contributed by atoms with Gasteiger partial charge in [0.05, 0.1) is 24.0 Å². The molecule has 0 amide bonds. The molecule has 4 rings (SSSR count). The molecule has 0 saturated heterocycles. The maximum atomic E-state index is 14.4. The number of halogens is 1. The lowest BCUT2D eigenvalue weighted by Crippen LogP contribution is -1.91. The number of methoxy groups -OCH3 is 1. The molecule has 138 valence electrons. The Morgan fingerprint density at radius 3 is 2.57 bits per heavy atom. The number of phenolic OH excluding ortho intramolecular Hbond substituents is 1. The predicted octanol–water partition coefficient (Wildman–Crippen LogP) is 5.51. The summed E-state index contributed by atoms with van der Waals surface area (Å²) in [5, 5.41) is 11.1. The molecular weight excluding hydrogens is 355 g/mol. The Morgan fingerprint density at radius 2 is 1.79 bits per heavy atom. The monoisotopic (exact) mass is 372 g/mol. The van der Waals surface area contributed by atoms with Gasteiger partial charge in [0.15, 0.2) is 0 Å². The zero-order valence-electron chi connectivity index (χ0n) is 15.1. The van der Waals surface area contributed by atoms with Gasteiger partial charge in [0.25, 0.3) is 0 Å². The molecule has 1 N–H and O–H groups in total. The second-order valence-corrected chi connectivity index (χ2v) is 6.21. The minimum atomic E-state index is -0.367. The highest BCUT2D eigenvalue weighted by atomic mass is 19.1. The fourth-order valence-electron chi connectivity index (χ4n) is 2.95. The zero-order valence-corrected chi connectivity index (χ0v) is 15.1. The van der Waals surface area contributed by atoms with Gasteiger partial charge >= 0.3 is 0 Å². The molecule has 0 saturated carbocycles. The minimum absolute atomic E-state index is 0.0456. The van der Waals surface area contributed by atoms with Crippen LogP contribution in [0.2, 0.25) is 0 Å². The predicted molar refractivity (Wildman–Crippen MR) is 109 cm³/mol. The molecule has 0 spiro atoms. The van der Waals surface area contributed by atoms with Gasteiger partial charge in [-0.2, -0.15) is 0 Å². The number of para-hydroxylation sites is 1. The fourth-order valence-corrected chi connectivity index (χ4v) is 2.95. The first-order valence-electron chi connectivity index (χ1n) is 8.71. The van der Waals surface area contributed by atoms with E-state index in [4.69, 9.17) is 4.74 Å². The van der Waals surface area contributed by atoms with Crippen molar-refractivity contribution in [3.63, 3.8) is 0 Å². The highest BCUT2D eigenvalue weighted by Gasteiger charge is 2.12. The van der Waals surface area contributed by atoms with Crippen molar-refractivity contribution in [3.05, 3.63) is 84.2 Å². The first-order chi connectivity index (χ1) is 13.7. The van der Waals surface area contributed by atoms with E-state index in [1.54, 1.807) is 30.3 Å². The quantitative estimate of drug-likeness (QED) is 0.481. The van der Waals surface area contributed by atoms with Gasteiger partial charge in [-0.25, -0.2) is 9.37 Å². The summed E-state index contributed by atoms with van der Waals surface area (Å²) < 4.78 is 19.5. The first kappa shape index (κ1) is 17.7. The van der Waals surface area contributed by atoms with Crippen LogP contribution in [0.4, 0.5) is 10.1 Å². The van der Waals surface area contributed by atoms with E-state index >= 15 is 0 Å². The van der Waals surface area contributed by atoms with Gasteiger partial charge < -0.3 is 9.84 Å². The van der Waals surface area contributed by atoms with Crippen molar-refractivity contribution in [1.82, 2.24) is 4.98 Å². The third-order valence-electron chi connectivity index (χ3n) is 4.41. The number of aromatic hydroxyl groups is 1. The second-order valence-electron chi connectivity index (χ2n) is 6.21. The number of aliphatic imine (C=N–C) groups is 1. The summed E-state index contributed by atoms with van der Waals surface area (Å²) in [6, 6.07) is 20.9. The van der Waals surface area contributed by atoms with Crippen molar-refractivity contribution in [3.8, 4) is 22.8 Å². The average molecular weight is 372 g/mol. The van der Waals surface area contributed by atoms with Crippen LogP contribution in [0.15, 0.2) is 77.8 Å². The number of ether oxygens (including phenoxy) is 1. The van der Waals surface area contributed by atoms with Crippen molar-refractivity contribution in [1.29, 1.82) is 0 Å². The zero-order chi connectivity index (χ0) is 19.5. The molecule has 4 aromatic rings. The summed E-state index contributed by atoms with van der Waals surface area (Å²) >= 11 is 0. The number of hydrogen-bond donors (Lipinski definition) is 1. The van der Waals surface area contributed by atoms with Crippen LogP contribution in [0.3, 0.4) is 0 Å². The Morgan fingerprint density at radius 1 is 1.00 bits per heavy atom. The molecular formula is C23H17FN2O2. The summed E-state index contributed by atoms with van der Waals surface area (Å²) in [7, 11) is 1.53. The van der Waals surface area contributed by atoms with Crippen molar-refractivity contribution in [2.24, 2.45) is 4.99 Å². The lowest BCUT2D eigenvalue weighted by Gasteiger charge is -2.09. The molecule has 0 fully saturated rings. The van der Waals surface area contributed by atoms with Crippen LogP contribution in [-0.2, 0) is 0 Å². The van der Waals surface area contributed by atoms with Crippen LogP contribution >= 0.6 is 0 Å². The van der Waals surface area contributed by atoms with E-state index in [2.05, 4.69) is 9.98 Å². The minimum Gasteiger partial charge on any atom is -0.507 e. The van der Waals surface area contributed by atoms with Crippen LogP contribution in [-0.4, -0.2) is 23.4 Å². The van der Waals surface area contributed by atoms with Crippen molar-refractivity contribution in [2.45, 2.75) is 0 Å². The molecule has 4 nitrogen and oxygen atoms in total. The van der Waals surface area contributed by atoms with Gasteiger partial charge in [-0.3, -0.25) is 4.99 Å². The Kier molecular flexibility index (Phi) is 4.72. The number of aromatic nitrogens is 1. The van der Waals surface area contributed by atoms with Gasteiger partial charge in [-0.15, -0.1) is 0 Å². The summed E-state index contributed by atoms with van der Waals surface area (Å²) in [6.45, 7) is 0. The van der Waals surface area contributed by atoms with Crippen LogP contribution in [0.5, 0.6) is 11.5 Å². The van der Waals surface area contributed by atoms with Gasteiger partial charge in [0, 0.05) is 28.8 Å². The molecule has 1 aromatic heterocycles. The molecule has 3 aromatic carbocycles. The van der Waals surface area contributed by atoms with Crippen LogP contribution < -0.4 is 4.74 Å². The Balaban J connectivity index is 1.85. The molecule has 1 heterocycles. The molecule has 0 aliphatic carbocycles. The maximum Gasteiger partial charge on any atom is 0.132 e. The van der Waals surface area contributed by atoms with Crippen molar-refractivity contribution >= 4 is 22.8 Å². The normalized spacial score (nSPS) is 11.2. The third-order valence-corrected chi connectivity index (χ3v) is 4.41. The van der Waals surface area contributed by atoms with Gasteiger partial charge in [0.1, 0.15) is 17.3 Å². The Hall–Kier alpha value is -3.73. The van der Waals surface area contributed by atoms with Crippen molar-refractivity contribution in [2.75, 3.05) is 7.11 Å². The maximum absolute atomic E-state index is 14.4. The topological polar surface area (TPSA) is 54.7 Å². The lowest BCUT2D eigenvalue weighted by atomic mass is 10.1. The molecule has 0 atom stereocenters. The average Bonchev–Trinajstić information content (AvgIpc) is 2.72. The Bertz CT molecular complexity index is 1190. The van der Waals surface area contributed by atoms with Crippen molar-refractivity contribution < 1.29 is 14.2 Å². The van der Waals surface area contributed by atoms with E-state index in [1.165, 1.54) is 25.5 Å². The number of rotatable bonds is 4. The largest absolute Gasteiger partial charge is 0.507 e. The summed E-state index contributed by atoms with van der Waals surface area (Å²) in [5.74, 6) is 0.229. The lowest BCUT2D eigenvalue weighted by molar-refractivity contribution is 0.407. The molecule has 0 aliphatic heterocycles. The van der Waals surface area contributed by atoms with Gasteiger partial charge in [0.2, 0.25) is 0 Å². The molecule has 0 unspecified atom stereocenters. The summed E-state index contributed by atoms with van der Waals surface area (Å²) in [5.41, 5.74) is 2.61. The summed E-state index contributed by atoms with van der Waals surface area (Å²) in [4.78, 5) is 9.14. The van der Waals surface area contributed by atoms with E-state index in [9.17, 15) is 9.50 Å². The molecule has 0 radical (unpaired) electrons. The number of nitrogens with zero attached hydrogens (tertiary/aromatic N) is 2. The number of phenols is 1. The molecule has 0 bridgehead atoms. The van der Waals surface area contributed by atoms with Gasteiger partial charge in [-0.05, 0) is 36.4 Å². The van der Waals surface area contributed by atoms with E-state index < -0.39 is 0 Å². The van der Waals surface area contributed by atoms with Crippen LogP contribution in [0.25, 0.3) is 22.2 Å². The number of hydrogen-bond acceptors (Lipinski definition) is 4. The number of fused-ring (bicyclic) bond motifs is 1. The van der Waals surface area contributed by atoms with Gasteiger partial charge in [-0.1, -0.05) is 30.3 Å². The van der Waals surface area contributed by atoms with Crippen LogP contribution in [0, 0.1) is 5.82 Å². The standard InChI is InChI=1S/C23H17FN2O2/c1-28-17-11-10-16(22(27)13-17)14-25-21-12-15-6-2-5-9-20(15)26-23(21)18-7-3-4-8-19(18)24/h2-14,27H,1H3. The summed E-state index contributed by atoms with van der Waals surface area (Å²) in [6.07, 6.45) is 1.53. The first-order valence-corrected chi connectivity index (χ1v) is 8.71. The molecule has 28 heavy (non-hydrogen) atoms. The molecule has 5 heteroatoms. The van der Waals surface area contributed by atoms with E-state index in [-0.39, 0.29) is 11.6 Å². The van der Waals surface area contributed by atoms with Crippen LogP contribution in [0.1, 0.15) is 5.56 Å². The van der Waals surface area contributed by atoms with E-state index in [1.807, 2.05) is 30.3 Å². The molecule has 0 aliphatic rings. The Labute approximate surface area is 161 Å².